The van der Waals surface area contributed by atoms with Crippen LogP contribution in [-0.4, -0.2) is 59.1 Å². The lowest BCUT2D eigenvalue weighted by molar-refractivity contribution is -0.139. The minimum Gasteiger partial charge on any atom is -0.505 e. The standard InChI is InChI=1S/C11H12ClFN2O4.C5H2ClFINO/c12-10-8(19-6-9(16)17)5-7(13)11(14-10)15-1-3-18-4-2-15;6-4-3(10)1-2(7)5(8)9-4/h5H,1-4,6H2,(H,16,17);1,10H. The van der Waals surface area contributed by atoms with Gasteiger partial charge in [0.1, 0.15) is 3.70 Å². The van der Waals surface area contributed by atoms with Crippen molar-refractivity contribution in [3.8, 4) is 11.5 Å². The van der Waals surface area contributed by atoms with Crippen molar-refractivity contribution in [1.82, 2.24) is 9.97 Å². The first-order valence-electron chi connectivity index (χ1n) is 7.93. The Kier molecular flexibility index (Phi) is 8.86. The Morgan fingerprint density at radius 2 is 1.86 bits per heavy atom. The van der Waals surface area contributed by atoms with Crippen LogP contribution in [0.2, 0.25) is 10.3 Å². The van der Waals surface area contributed by atoms with Crippen LogP contribution in [0.1, 0.15) is 0 Å². The number of rotatable bonds is 4. The van der Waals surface area contributed by atoms with Gasteiger partial charge in [-0.25, -0.2) is 23.5 Å². The molecular formula is C16H14Cl2F2IN3O5. The minimum absolute atomic E-state index is 0.0656. The van der Waals surface area contributed by atoms with E-state index in [-0.39, 0.29) is 31.3 Å². The second kappa shape index (κ2) is 10.9. The van der Waals surface area contributed by atoms with Crippen molar-refractivity contribution in [2.24, 2.45) is 0 Å². The molecule has 0 atom stereocenters. The van der Waals surface area contributed by atoms with E-state index in [1.807, 2.05) is 0 Å². The molecule has 2 N–H and O–H groups in total. The lowest BCUT2D eigenvalue weighted by atomic mass is 10.3. The maximum atomic E-state index is 13.9. The number of pyridine rings is 2. The fraction of sp³-hybridized carbons (Fsp3) is 0.312. The molecule has 3 rings (SSSR count). The third-order valence-electron chi connectivity index (χ3n) is 3.41. The van der Waals surface area contributed by atoms with Gasteiger partial charge in [0.05, 0.1) is 13.2 Å². The fourth-order valence-corrected chi connectivity index (χ4v) is 2.98. The van der Waals surface area contributed by atoms with Crippen molar-refractivity contribution in [1.29, 1.82) is 0 Å². The van der Waals surface area contributed by atoms with Gasteiger partial charge in [0.2, 0.25) is 0 Å². The molecule has 0 radical (unpaired) electrons. The lowest BCUT2D eigenvalue weighted by Crippen LogP contribution is -2.37. The highest BCUT2D eigenvalue weighted by molar-refractivity contribution is 14.1. The smallest absolute Gasteiger partial charge is 0.341 e. The number of aliphatic carboxylic acids is 1. The SMILES string of the molecule is O=C(O)COc1cc(F)c(N2CCOCC2)nc1Cl.Oc1cc(F)c(I)nc1Cl. The summed E-state index contributed by atoms with van der Waals surface area (Å²) in [7, 11) is 0. The number of anilines is 1. The first kappa shape index (κ1) is 23.6. The molecular weight excluding hydrogens is 550 g/mol. The normalized spacial score (nSPS) is 13.5. The zero-order valence-electron chi connectivity index (χ0n) is 14.5. The zero-order chi connectivity index (χ0) is 21.6. The number of aromatic nitrogens is 2. The largest absolute Gasteiger partial charge is 0.505 e. The molecule has 0 bridgehead atoms. The van der Waals surface area contributed by atoms with E-state index in [1.165, 1.54) is 0 Å². The van der Waals surface area contributed by atoms with Crippen LogP contribution in [-0.2, 0) is 9.53 Å². The van der Waals surface area contributed by atoms with E-state index in [0.717, 1.165) is 12.1 Å². The molecule has 0 unspecified atom stereocenters. The molecule has 1 saturated heterocycles. The monoisotopic (exact) mass is 563 g/mol. The fourth-order valence-electron chi connectivity index (χ4n) is 2.11. The summed E-state index contributed by atoms with van der Waals surface area (Å²) in [5, 5.41) is 17.1. The summed E-state index contributed by atoms with van der Waals surface area (Å²) in [5.41, 5.74) is 0. The van der Waals surface area contributed by atoms with Gasteiger partial charge < -0.3 is 24.6 Å². The Labute approximate surface area is 187 Å². The van der Waals surface area contributed by atoms with Crippen LogP contribution < -0.4 is 9.64 Å². The number of halogens is 5. The van der Waals surface area contributed by atoms with Crippen molar-refractivity contribution in [3.05, 3.63) is 37.8 Å². The van der Waals surface area contributed by atoms with Crippen LogP contribution in [0.4, 0.5) is 14.6 Å². The molecule has 158 valence electrons. The number of nitrogens with zero attached hydrogens (tertiary/aromatic N) is 3. The highest BCUT2D eigenvalue weighted by atomic mass is 127. The summed E-state index contributed by atoms with van der Waals surface area (Å²) >= 11 is 12.9. The van der Waals surface area contributed by atoms with Gasteiger partial charge in [0.25, 0.3) is 0 Å². The number of carbonyl (C=O) groups is 1. The van der Waals surface area contributed by atoms with E-state index in [9.17, 15) is 13.6 Å². The topological polar surface area (TPSA) is 105 Å². The number of carboxylic acids is 1. The van der Waals surface area contributed by atoms with Gasteiger partial charge in [-0.1, -0.05) is 23.2 Å². The summed E-state index contributed by atoms with van der Waals surface area (Å²) in [6.07, 6.45) is 0. The first-order valence-corrected chi connectivity index (χ1v) is 9.76. The van der Waals surface area contributed by atoms with E-state index in [2.05, 4.69) is 9.97 Å². The highest BCUT2D eigenvalue weighted by Crippen LogP contribution is 2.29. The molecule has 0 aliphatic carbocycles. The molecule has 1 fully saturated rings. The van der Waals surface area contributed by atoms with Gasteiger partial charge in [-0.05, 0) is 22.6 Å². The van der Waals surface area contributed by atoms with Crippen molar-refractivity contribution in [3.63, 3.8) is 0 Å². The molecule has 8 nitrogen and oxygen atoms in total. The van der Waals surface area contributed by atoms with Gasteiger partial charge in [-0.2, -0.15) is 0 Å². The van der Waals surface area contributed by atoms with E-state index >= 15 is 0 Å². The van der Waals surface area contributed by atoms with Crippen LogP contribution in [0.5, 0.6) is 11.5 Å². The predicted molar refractivity (Wildman–Crippen MR) is 109 cm³/mol. The average Bonchev–Trinajstić information content (AvgIpc) is 2.68. The van der Waals surface area contributed by atoms with Gasteiger partial charge in [0.15, 0.2) is 45.9 Å². The number of carboxylic acid groups (broad SMARTS) is 1. The van der Waals surface area contributed by atoms with E-state index in [0.29, 0.717) is 26.3 Å². The minimum atomic E-state index is -1.17. The van der Waals surface area contributed by atoms with E-state index in [4.69, 9.17) is 42.9 Å². The number of ether oxygens (including phenoxy) is 2. The molecule has 0 aromatic carbocycles. The van der Waals surface area contributed by atoms with Crippen molar-refractivity contribution in [2.45, 2.75) is 0 Å². The second-order valence-corrected chi connectivity index (χ2v) is 7.17. The molecule has 29 heavy (non-hydrogen) atoms. The molecule has 0 spiro atoms. The Morgan fingerprint density at radius 3 is 2.45 bits per heavy atom. The van der Waals surface area contributed by atoms with Gasteiger partial charge in [0, 0.05) is 25.2 Å². The van der Waals surface area contributed by atoms with E-state index in [1.54, 1.807) is 27.5 Å². The maximum Gasteiger partial charge on any atom is 0.341 e. The number of hydrogen-bond donors (Lipinski definition) is 2. The van der Waals surface area contributed by atoms with Gasteiger partial charge in [-0.15, -0.1) is 0 Å². The molecule has 13 heteroatoms. The quantitative estimate of drug-likeness (QED) is 0.431. The Bertz CT molecular complexity index is 838. The molecule has 3 heterocycles. The van der Waals surface area contributed by atoms with Crippen LogP contribution in [0.3, 0.4) is 0 Å². The highest BCUT2D eigenvalue weighted by Gasteiger charge is 2.19. The van der Waals surface area contributed by atoms with Crippen molar-refractivity contribution < 1.29 is 33.3 Å². The van der Waals surface area contributed by atoms with Crippen molar-refractivity contribution in [2.75, 3.05) is 37.8 Å². The average molecular weight is 564 g/mol. The summed E-state index contributed by atoms with van der Waals surface area (Å²) < 4.78 is 36.5. The molecule has 0 saturated carbocycles. The van der Waals surface area contributed by atoms with E-state index < -0.39 is 24.2 Å². The predicted octanol–water partition coefficient (Wildman–Crippen LogP) is 3.36. The Balaban J connectivity index is 0.000000253. The second-order valence-electron chi connectivity index (χ2n) is 5.44. The first-order chi connectivity index (χ1) is 13.7. The maximum absolute atomic E-state index is 13.9. The van der Waals surface area contributed by atoms with Gasteiger partial charge >= 0.3 is 5.97 Å². The zero-order valence-corrected chi connectivity index (χ0v) is 18.2. The molecule has 2 aromatic heterocycles. The van der Waals surface area contributed by atoms with Gasteiger partial charge in [-0.3, -0.25) is 0 Å². The van der Waals surface area contributed by atoms with Crippen LogP contribution in [0.25, 0.3) is 0 Å². The molecule has 1 aliphatic heterocycles. The molecule has 2 aromatic rings. The Morgan fingerprint density at radius 1 is 1.21 bits per heavy atom. The third kappa shape index (κ3) is 6.94. The Hall–Kier alpha value is -1.70. The third-order valence-corrected chi connectivity index (χ3v) is 4.71. The van der Waals surface area contributed by atoms with Crippen LogP contribution in [0, 0.1) is 15.3 Å². The molecule has 0 amide bonds. The summed E-state index contributed by atoms with van der Waals surface area (Å²) in [4.78, 5) is 19.5. The lowest BCUT2D eigenvalue weighted by Gasteiger charge is -2.28. The number of morpholine rings is 1. The van der Waals surface area contributed by atoms with Crippen LogP contribution >= 0.6 is 45.8 Å². The van der Waals surface area contributed by atoms with Crippen molar-refractivity contribution >= 4 is 57.6 Å². The summed E-state index contributed by atoms with van der Waals surface area (Å²) in [5.74, 6) is -2.64. The number of hydrogen-bond acceptors (Lipinski definition) is 7. The molecule has 1 aliphatic rings. The number of aromatic hydroxyl groups is 1. The summed E-state index contributed by atoms with van der Waals surface area (Å²) in [6.45, 7) is 1.44. The van der Waals surface area contributed by atoms with Crippen LogP contribution in [0.15, 0.2) is 12.1 Å². The summed E-state index contributed by atoms with van der Waals surface area (Å²) in [6, 6.07) is 1.97.